The molecule has 0 aliphatic rings. The highest BCUT2D eigenvalue weighted by atomic mass is 14.9. The summed E-state index contributed by atoms with van der Waals surface area (Å²) in [4.78, 5) is 0. The van der Waals surface area contributed by atoms with E-state index in [2.05, 4.69) is 122 Å². The quantitative estimate of drug-likeness (QED) is 0.453. The molecule has 2 heteroatoms. The number of benzene rings is 2. The molecule has 2 nitrogen and oxygen atoms in total. The van der Waals surface area contributed by atoms with Gasteiger partial charge in [0.05, 0.1) is 0 Å². The van der Waals surface area contributed by atoms with E-state index < -0.39 is 0 Å². The molecule has 2 aromatic heterocycles. The lowest BCUT2D eigenvalue weighted by Gasteiger charge is -2.11. The summed E-state index contributed by atoms with van der Waals surface area (Å²) in [6.45, 7) is 4.42. The van der Waals surface area contributed by atoms with Gasteiger partial charge in [0, 0.05) is 34.9 Å². The van der Waals surface area contributed by atoms with Gasteiger partial charge in [-0.25, -0.2) is 9.13 Å². The number of pyridine rings is 2. The molecule has 0 saturated carbocycles. The topological polar surface area (TPSA) is 7.76 Å². The molecule has 2 aromatic carbocycles. The van der Waals surface area contributed by atoms with E-state index in [1.807, 2.05) is 0 Å². The van der Waals surface area contributed by atoms with E-state index in [0.29, 0.717) is 0 Å². The molecule has 138 valence electrons. The van der Waals surface area contributed by atoms with Crippen LogP contribution in [0, 0.1) is 13.8 Å². The Morgan fingerprint density at radius 1 is 0.607 bits per heavy atom. The Hall–Kier alpha value is -3.26. The number of aromatic nitrogens is 2. The van der Waals surface area contributed by atoms with Crippen LogP contribution < -0.4 is 9.13 Å². The summed E-state index contributed by atoms with van der Waals surface area (Å²) >= 11 is 0. The van der Waals surface area contributed by atoms with Crippen LogP contribution in [0.2, 0.25) is 0 Å². The van der Waals surface area contributed by atoms with Crippen LogP contribution in [-0.2, 0) is 14.1 Å². The predicted molar refractivity (Wildman–Crippen MR) is 115 cm³/mol. The van der Waals surface area contributed by atoms with Crippen molar-refractivity contribution in [1.82, 2.24) is 0 Å². The third-order valence-corrected chi connectivity index (χ3v) is 5.51. The van der Waals surface area contributed by atoms with Crippen molar-refractivity contribution < 1.29 is 9.13 Å². The minimum Gasteiger partial charge on any atom is -0.201 e. The molecule has 0 radical (unpaired) electrons. The van der Waals surface area contributed by atoms with Crippen LogP contribution in [0.25, 0.3) is 33.6 Å². The predicted octanol–water partition coefficient (Wildman–Crippen LogP) is 4.95. The number of rotatable bonds is 3. The Labute approximate surface area is 167 Å². The van der Waals surface area contributed by atoms with Gasteiger partial charge in [-0.1, -0.05) is 36.4 Å². The van der Waals surface area contributed by atoms with Crippen molar-refractivity contribution in [1.29, 1.82) is 0 Å². The van der Waals surface area contributed by atoms with Crippen molar-refractivity contribution in [2.45, 2.75) is 13.8 Å². The molecule has 0 aliphatic heterocycles. The molecule has 0 aliphatic carbocycles. The number of nitrogens with zero attached hydrogens (tertiary/aromatic N) is 2. The van der Waals surface area contributed by atoms with E-state index in [1.165, 1.54) is 44.8 Å². The maximum Gasteiger partial charge on any atom is 0.212 e. The minimum absolute atomic E-state index is 1.22. The van der Waals surface area contributed by atoms with Gasteiger partial charge in [0.15, 0.2) is 12.4 Å². The van der Waals surface area contributed by atoms with Crippen molar-refractivity contribution in [3.05, 3.63) is 96.3 Å². The Morgan fingerprint density at radius 2 is 1.29 bits per heavy atom. The Kier molecular flexibility index (Phi) is 4.79. The van der Waals surface area contributed by atoms with Crippen LogP contribution in [0.5, 0.6) is 0 Å². The summed E-state index contributed by atoms with van der Waals surface area (Å²) in [6, 6.07) is 25.8. The van der Waals surface area contributed by atoms with E-state index in [9.17, 15) is 0 Å². The van der Waals surface area contributed by atoms with Crippen LogP contribution in [-0.4, -0.2) is 0 Å². The molecule has 0 saturated heterocycles. The molecule has 0 bridgehead atoms. The molecule has 0 atom stereocenters. The molecule has 2 heterocycles. The van der Waals surface area contributed by atoms with E-state index in [4.69, 9.17) is 0 Å². The van der Waals surface area contributed by atoms with Gasteiger partial charge in [0.1, 0.15) is 14.1 Å². The van der Waals surface area contributed by atoms with Crippen molar-refractivity contribution in [2.24, 2.45) is 14.1 Å². The largest absolute Gasteiger partial charge is 0.212 e. The molecule has 4 rings (SSSR count). The maximum atomic E-state index is 2.30. The zero-order chi connectivity index (χ0) is 19.7. The van der Waals surface area contributed by atoms with Crippen molar-refractivity contribution >= 4 is 0 Å². The Bertz CT molecular complexity index is 1140. The molecule has 0 fully saturated rings. The SMILES string of the molecule is Cc1cc(-c2cccc(-c3cccc[n+]3C)c2C)[n+](C)cc1-c1ccccc1. The second kappa shape index (κ2) is 7.40. The zero-order valence-electron chi connectivity index (χ0n) is 17.0. The van der Waals surface area contributed by atoms with Crippen LogP contribution >= 0.6 is 0 Å². The summed E-state index contributed by atoms with van der Waals surface area (Å²) in [6.07, 6.45) is 4.34. The van der Waals surface area contributed by atoms with Crippen LogP contribution in [0.1, 0.15) is 11.1 Å². The van der Waals surface area contributed by atoms with E-state index in [1.54, 1.807) is 0 Å². The molecule has 28 heavy (non-hydrogen) atoms. The lowest BCUT2D eigenvalue weighted by molar-refractivity contribution is -0.660. The lowest BCUT2D eigenvalue weighted by Crippen LogP contribution is -2.32. The van der Waals surface area contributed by atoms with Gasteiger partial charge in [-0.15, -0.1) is 0 Å². The van der Waals surface area contributed by atoms with Gasteiger partial charge in [-0.05, 0) is 48.7 Å². The summed E-state index contributed by atoms with van der Waals surface area (Å²) in [5, 5.41) is 0. The average Bonchev–Trinajstić information content (AvgIpc) is 2.71. The monoisotopic (exact) mass is 366 g/mol. The van der Waals surface area contributed by atoms with E-state index >= 15 is 0 Å². The molecule has 0 amide bonds. The fourth-order valence-corrected chi connectivity index (χ4v) is 3.93. The highest BCUT2D eigenvalue weighted by molar-refractivity contribution is 5.75. The number of hydrogen-bond acceptors (Lipinski definition) is 0. The van der Waals surface area contributed by atoms with Crippen molar-refractivity contribution in [3.63, 3.8) is 0 Å². The van der Waals surface area contributed by atoms with Crippen molar-refractivity contribution in [3.8, 4) is 33.6 Å². The van der Waals surface area contributed by atoms with Crippen LogP contribution in [0.4, 0.5) is 0 Å². The minimum atomic E-state index is 1.22. The first-order valence-corrected chi connectivity index (χ1v) is 9.67. The van der Waals surface area contributed by atoms with Gasteiger partial charge < -0.3 is 0 Å². The fourth-order valence-electron chi connectivity index (χ4n) is 3.93. The Balaban J connectivity index is 1.86. The van der Waals surface area contributed by atoms with Gasteiger partial charge in [0.2, 0.25) is 11.4 Å². The third-order valence-electron chi connectivity index (χ3n) is 5.51. The first-order valence-electron chi connectivity index (χ1n) is 9.67. The molecule has 0 unspecified atom stereocenters. The summed E-state index contributed by atoms with van der Waals surface area (Å²) in [7, 11) is 4.23. The van der Waals surface area contributed by atoms with Gasteiger partial charge in [-0.3, -0.25) is 0 Å². The van der Waals surface area contributed by atoms with Crippen molar-refractivity contribution in [2.75, 3.05) is 0 Å². The molecule has 0 N–H and O–H groups in total. The van der Waals surface area contributed by atoms with E-state index in [0.717, 1.165) is 0 Å². The summed E-state index contributed by atoms with van der Waals surface area (Å²) < 4.78 is 4.42. The molecule has 0 spiro atoms. The summed E-state index contributed by atoms with van der Waals surface area (Å²) in [5.74, 6) is 0. The average molecular weight is 367 g/mol. The third kappa shape index (κ3) is 3.22. The number of aryl methyl sites for hydroxylation is 3. The standard InChI is InChI=1S/C26H26N2/c1-19-17-26(28(4)18-24(19)21-11-6-5-7-12-21)23-14-10-13-22(20(23)2)25-15-8-9-16-27(25)3/h5-18H,1-4H3/q+2. The first kappa shape index (κ1) is 18.1. The van der Waals surface area contributed by atoms with Crippen LogP contribution in [0.15, 0.2) is 85.2 Å². The number of hydrogen-bond donors (Lipinski definition) is 0. The van der Waals surface area contributed by atoms with Gasteiger partial charge >= 0.3 is 0 Å². The maximum absolute atomic E-state index is 2.30. The molecular formula is C26H26N2+2. The first-order chi connectivity index (χ1) is 13.6. The van der Waals surface area contributed by atoms with E-state index in [-0.39, 0.29) is 0 Å². The highest BCUT2D eigenvalue weighted by Gasteiger charge is 2.20. The second-order valence-corrected chi connectivity index (χ2v) is 7.41. The van der Waals surface area contributed by atoms with Gasteiger partial charge in [0.25, 0.3) is 0 Å². The molecule has 4 aromatic rings. The second-order valence-electron chi connectivity index (χ2n) is 7.41. The summed E-state index contributed by atoms with van der Waals surface area (Å²) in [5.41, 5.74) is 10.1. The molecular weight excluding hydrogens is 340 g/mol. The normalized spacial score (nSPS) is 10.9. The smallest absolute Gasteiger partial charge is 0.201 e. The lowest BCUT2D eigenvalue weighted by atomic mass is 9.95. The van der Waals surface area contributed by atoms with Crippen LogP contribution in [0.3, 0.4) is 0 Å². The fraction of sp³-hybridized carbons (Fsp3) is 0.154. The van der Waals surface area contributed by atoms with Gasteiger partial charge in [-0.2, -0.15) is 0 Å². The Morgan fingerprint density at radius 3 is 2.00 bits per heavy atom. The highest BCUT2D eigenvalue weighted by Crippen LogP contribution is 2.31. The zero-order valence-corrected chi connectivity index (χ0v) is 17.0.